The lowest BCUT2D eigenvalue weighted by Crippen LogP contribution is -2.71. The maximum atomic E-state index is 13.5. The summed E-state index contributed by atoms with van der Waals surface area (Å²) in [6.07, 6.45) is 0. The third-order valence-corrected chi connectivity index (χ3v) is 9.88. The molecule has 1 saturated heterocycles. The number of oxime groups is 1. The second-order valence-corrected chi connectivity index (χ2v) is 12.4. The van der Waals surface area contributed by atoms with Crippen LogP contribution in [0.25, 0.3) is 0 Å². The number of nitrogens with one attached hydrogen (secondary N) is 2. The number of thiazole rings is 1. The summed E-state index contributed by atoms with van der Waals surface area (Å²) in [5.41, 5.74) is 2.16. The summed E-state index contributed by atoms with van der Waals surface area (Å²) in [5.74, 6) is -2.39. The van der Waals surface area contributed by atoms with Gasteiger partial charge in [-0.1, -0.05) is 96.2 Å². The number of hydrogen-bond acceptors (Lipinski definition) is 10. The predicted octanol–water partition coefficient (Wildman–Crippen LogP) is 3.63. The van der Waals surface area contributed by atoms with Crippen LogP contribution in [0.15, 0.2) is 113 Å². The molecule has 2 aliphatic heterocycles. The first-order valence-electron chi connectivity index (χ1n) is 14.2. The van der Waals surface area contributed by atoms with E-state index >= 15 is 0 Å². The Morgan fingerprint density at radius 1 is 1.00 bits per heavy atom. The number of rotatable bonds is 11. The van der Waals surface area contributed by atoms with Crippen LogP contribution in [-0.2, 0) is 24.8 Å². The van der Waals surface area contributed by atoms with Gasteiger partial charge in [0, 0.05) is 11.1 Å². The van der Waals surface area contributed by atoms with Gasteiger partial charge in [0.25, 0.3) is 11.8 Å². The molecule has 2 atom stereocenters. The summed E-state index contributed by atoms with van der Waals surface area (Å²) in [6.45, 7) is -0.479. The van der Waals surface area contributed by atoms with E-state index in [2.05, 4.69) is 15.8 Å². The minimum absolute atomic E-state index is 0.145. The van der Waals surface area contributed by atoms with E-state index in [0.717, 1.165) is 21.6 Å². The van der Waals surface area contributed by atoms with Crippen LogP contribution in [0.5, 0.6) is 0 Å². The number of carbonyl (C=O) groups excluding carboxylic acids is 2. The molecule has 46 heavy (non-hydrogen) atoms. The molecule has 0 aliphatic carbocycles. The predicted molar refractivity (Wildman–Crippen MR) is 175 cm³/mol. The molecule has 0 spiro atoms. The van der Waals surface area contributed by atoms with E-state index in [4.69, 9.17) is 9.82 Å². The molecule has 1 fully saturated rings. The van der Waals surface area contributed by atoms with Gasteiger partial charge in [-0.25, -0.2) is 9.78 Å². The summed E-state index contributed by atoms with van der Waals surface area (Å²) < 4.78 is 0. The van der Waals surface area contributed by atoms with Gasteiger partial charge in [0.2, 0.25) is 0 Å². The second-order valence-electron chi connectivity index (χ2n) is 10.4. The van der Waals surface area contributed by atoms with Gasteiger partial charge in [0.1, 0.15) is 35.5 Å². The zero-order chi connectivity index (χ0) is 32.3. The number of aromatic nitrogens is 1. The van der Waals surface area contributed by atoms with Crippen LogP contribution in [0.2, 0.25) is 0 Å². The number of anilines is 1. The molecule has 3 heterocycles. The second kappa shape index (κ2) is 13.2. The number of hydrogen-bond donors (Lipinski definition) is 4. The minimum Gasteiger partial charge on any atom is -0.477 e. The minimum atomic E-state index is -1.31. The third kappa shape index (κ3) is 5.53. The average Bonchev–Trinajstić information content (AvgIpc) is 3.56. The summed E-state index contributed by atoms with van der Waals surface area (Å²) in [4.78, 5) is 49.2. The molecule has 4 aromatic rings. The molecule has 13 heteroatoms. The Kier molecular flexibility index (Phi) is 8.88. The summed E-state index contributed by atoms with van der Waals surface area (Å²) in [5, 5.41) is 31.0. The van der Waals surface area contributed by atoms with Crippen molar-refractivity contribution in [2.75, 3.05) is 24.8 Å². The van der Waals surface area contributed by atoms with Crippen molar-refractivity contribution in [1.29, 1.82) is 0 Å². The van der Waals surface area contributed by atoms with Crippen molar-refractivity contribution >= 4 is 51.7 Å². The Balaban J connectivity index is 1.30. The number of β-lactam (4-membered cyclic amide) rings is 1. The highest BCUT2D eigenvalue weighted by atomic mass is 32.2. The van der Waals surface area contributed by atoms with Crippen molar-refractivity contribution in [3.8, 4) is 0 Å². The Labute approximate surface area is 272 Å². The molecule has 0 saturated carbocycles. The average molecular weight is 656 g/mol. The number of aliphatic hydroxyl groups excluding tert-OH is 1. The number of aliphatic carboxylic acids is 1. The number of thioether (sulfide) groups is 1. The standard InChI is InChI=1S/C33H29N5O6S2/c1-44-37-25(28(40)35-26-29(41)38-27(31(42)43)20(17-39)18-45-30(26)38)24-19-46-32(34-24)36-33(21-11-5-2-6-12-21,22-13-7-3-8-14-22)23-15-9-4-10-16-23/h2-16,19,26,30,39H,17-18H2,1H3,(H,34,36)(H,35,40)(H,42,43)/b37-25-/t26-,30+/m1/s1. The maximum absolute atomic E-state index is 13.5. The van der Waals surface area contributed by atoms with E-state index in [1.807, 2.05) is 91.0 Å². The van der Waals surface area contributed by atoms with E-state index in [-0.39, 0.29) is 28.4 Å². The van der Waals surface area contributed by atoms with E-state index in [0.29, 0.717) is 5.13 Å². The first-order valence-corrected chi connectivity index (χ1v) is 16.2. The monoisotopic (exact) mass is 655 g/mol. The SMILES string of the molecule is CO/N=C(\C(=O)N[C@@H]1C(=O)N2C(C(=O)O)=C(CO)CS[C@@H]12)c1csc(NC(c2ccccc2)(c2ccccc2)c2ccccc2)n1. The summed E-state index contributed by atoms with van der Waals surface area (Å²) >= 11 is 2.54. The zero-order valence-electron chi connectivity index (χ0n) is 24.5. The highest BCUT2D eigenvalue weighted by molar-refractivity contribution is 8.00. The molecule has 11 nitrogen and oxygen atoms in total. The van der Waals surface area contributed by atoms with E-state index in [1.165, 1.54) is 30.2 Å². The number of carboxylic acids is 1. The Morgan fingerprint density at radius 2 is 1.57 bits per heavy atom. The summed E-state index contributed by atoms with van der Waals surface area (Å²) in [7, 11) is 1.30. The van der Waals surface area contributed by atoms with Crippen LogP contribution in [0.3, 0.4) is 0 Å². The Morgan fingerprint density at radius 3 is 2.07 bits per heavy atom. The molecule has 2 aliphatic rings. The first kappa shape index (κ1) is 31.0. The topological polar surface area (TPSA) is 153 Å². The van der Waals surface area contributed by atoms with Crippen LogP contribution in [-0.4, -0.2) is 74.5 Å². The Hall–Kier alpha value is -4.98. The van der Waals surface area contributed by atoms with Gasteiger partial charge < -0.3 is 25.7 Å². The van der Waals surface area contributed by atoms with Crippen LogP contribution in [0, 0.1) is 0 Å². The van der Waals surface area contributed by atoms with E-state index in [9.17, 15) is 24.6 Å². The summed E-state index contributed by atoms with van der Waals surface area (Å²) in [6, 6.07) is 29.0. The van der Waals surface area contributed by atoms with Gasteiger partial charge in [0.05, 0.1) is 6.61 Å². The highest BCUT2D eigenvalue weighted by Crippen LogP contribution is 2.42. The number of carboxylic acid groups (broad SMARTS) is 1. The van der Waals surface area contributed by atoms with Gasteiger partial charge >= 0.3 is 5.97 Å². The van der Waals surface area contributed by atoms with E-state index < -0.39 is 41.3 Å². The number of aliphatic hydroxyl groups is 1. The highest BCUT2D eigenvalue weighted by Gasteiger charge is 2.54. The Bertz CT molecular complexity index is 1720. The quantitative estimate of drug-likeness (QED) is 0.0821. The van der Waals surface area contributed by atoms with Gasteiger partial charge in [-0.05, 0) is 22.3 Å². The molecule has 6 rings (SSSR count). The van der Waals surface area contributed by atoms with Crippen LogP contribution >= 0.6 is 23.1 Å². The maximum Gasteiger partial charge on any atom is 0.352 e. The lowest BCUT2D eigenvalue weighted by molar-refractivity contribution is -0.150. The molecule has 1 aromatic heterocycles. The molecule has 3 aromatic carbocycles. The van der Waals surface area contributed by atoms with Crippen molar-refractivity contribution in [1.82, 2.24) is 15.2 Å². The molecular formula is C33H29N5O6S2. The van der Waals surface area contributed by atoms with Crippen LogP contribution in [0.4, 0.5) is 5.13 Å². The normalized spacial score (nSPS) is 18.0. The molecule has 0 bridgehead atoms. The van der Waals surface area contributed by atoms with Crippen molar-refractivity contribution in [2.24, 2.45) is 5.16 Å². The fourth-order valence-electron chi connectivity index (χ4n) is 5.69. The zero-order valence-corrected chi connectivity index (χ0v) is 26.1. The third-order valence-electron chi connectivity index (χ3n) is 7.79. The van der Waals surface area contributed by atoms with Crippen molar-refractivity contribution in [3.63, 3.8) is 0 Å². The number of benzene rings is 3. The van der Waals surface area contributed by atoms with Gasteiger partial charge in [-0.2, -0.15) is 0 Å². The molecule has 0 unspecified atom stereocenters. The number of nitrogens with zero attached hydrogens (tertiary/aromatic N) is 3. The van der Waals surface area contributed by atoms with Gasteiger partial charge in [0.15, 0.2) is 10.8 Å². The molecule has 0 radical (unpaired) electrons. The first-order chi connectivity index (χ1) is 22.4. The molecular weight excluding hydrogens is 627 g/mol. The van der Waals surface area contributed by atoms with Crippen LogP contribution < -0.4 is 10.6 Å². The fourth-order valence-corrected chi connectivity index (χ4v) is 7.78. The smallest absolute Gasteiger partial charge is 0.352 e. The molecule has 234 valence electrons. The van der Waals surface area contributed by atoms with Gasteiger partial charge in [-0.3, -0.25) is 14.5 Å². The van der Waals surface area contributed by atoms with E-state index in [1.54, 1.807) is 5.38 Å². The number of carbonyl (C=O) groups is 3. The lowest BCUT2D eigenvalue weighted by Gasteiger charge is -2.49. The lowest BCUT2D eigenvalue weighted by atomic mass is 9.77. The van der Waals surface area contributed by atoms with Crippen LogP contribution in [0.1, 0.15) is 22.4 Å². The molecule has 4 N–H and O–H groups in total. The van der Waals surface area contributed by atoms with Gasteiger partial charge in [-0.15, -0.1) is 23.1 Å². The number of fused-ring (bicyclic) bond motifs is 1. The largest absolute Gasteiger partial charge is 0.477 e. The molecule has 2 amide bonds. The van der Waals surface area contributed by atoms with Crippen molar-refractivity contribution in [2.45, 2.75) is 17.0 Å². The van der Waals surface area contributed by atoms with Crippen molar-refractivity contribution < 1.29 is 29.4 Å². The fraction of sp³-hybridized carbons (Fsp3) is 0.182. The van der Waals surface area contributed by atoms with Crippen molar-refractivity contribution in [3.05, 3.63) is 130 Å². The number of amides is 2.